The first-order valence-corrected chi connectivity index (χ1v) is 5.94. The number of rotatable bonds is 6. The maximum Gasteiger partial charge on any atom is 0.336 e. The molecule has 1 aromatic carbocycles. The summed E-state index contributed by atoms with van der Waals surface area (Å²) < 4.78 is 0. The quantitative estimate of drug-likeness (QED) is 0.610. The summed E-state index contributed by atoms with van der Waals surface area (Å²) in [7, 11) is 0. The van der Waals surface area contributed by atoms with Crippen molar-refractivity contribution in [2.45, 2.75) is 25.8 Å². The van der Waals surface area contributed by atoms with E-state index in [-0.39, 0.29) is 18.4 Å². The first-order chi connectivity index (χ1) is 9.32. The highest BCUT2D eigenvalue weighted by atomic mass is 16.4. The number of aromatic carboxylic acids is 1. The molecule has 0 aliphatic rings. The summed E-state index contributed by atoms with van der Waals surface area (Å²) in [4.78, 5) is 33.1. The molecule has 1 aromatic rings. The summed E-state index contributed by atoms with van der Waals surface area (Å²) in [6.07, 6.45) is -0.0386. The lowest BCUT2D eigenvalue weighted by atomic mass is 10.1. The molecule has 0 aliphatic carbocycles. The van der Waals surface area contributed by atoms with Crippen molar-refractivity contribution in [1.82, 2.24) is 0 Å². The van der Waals surface area contributed by atoms with E-state index in [0.717, 1.165) is 0 Å². The summed E-state index contributed by atoms with van der Waals surface area (Å²) in [5, 5.41) is 20.1. The van der Waals surface area contributed by atoms with Gasteiger partial charge < -0.3 is 21.3 Å². The smallest absolute Gasteiger partial charge is 0.336 e. The van der Waals surface area contributed by atoms with Gasteiger partial charge >= 0.3 is 11.9 Å². The van der Waals surface area contributed by atoms with Gasteiger partial charge in [0.05, 0.1) is 5.56 Å². The fourth-order valence-corrected chi connectivity index (χ4v) is 1.63. The molecule has 0 fully saturated rings. The normalized spacial score (nSPS) is 11.7. The van der Waals surface area contributed by atoms with Crippen LogP contribution in [-0.2, 0) is 9.59 Å². The molecule has 0 radical (unpaired) electrons. The first-order valence-electron chi connectivity index (χ1n) is 5.94. The summed E-state index contributed by atoms with van der Waals surface area (Å²) in [6.45, 7) is 1.59. The minimum atomic E-state index is -1.16. The number of carbonyl (C=O) groups excluding carboxylic acids is 1. The first kappa shape index (κ1) is 15.6. The van der Waals surface area contributed by atoms with Gasteiger partial charge in [0.25, 0.3) is 0 Å². The Morgan fingerprint density at radius 1 is 1.30 bits per heavy atom. The average molecular weight is 280 g/mol. The molecule has 0 bridgehead atoms. The molecule has 1 amide bonds. The molecular formula is C13H16N2O5. The van der Waals surface area contributed by atoms with Crippen LogP contribution in [0.15, 0.2) is 18.2 Å². The van der Waals surface area contributed by atoms with E-state index in [9.17, 15) is 14.4 Å². The SMILES string of the molecule is Cc1c(NC(=O)CC[C@H](N)C(=O)O)cccc1C(=O)O. The van der Waals surface area contributed by atoms with Crippen molar-refractivity contribution in [3.8, 4) is 0 Å². The average Bonchev–Trinajstić information content (AvgIpc) is 2.37. The molecule has 0 unspecified atom stereocenters. The summed E-state index contributed by atoms with van der Waals surface area (Å²) >= 11 is 0. The number of benzene rings is 1. The van der Waals surface area contributed by atoms with Crippen LogP contribution in [0.1, 0.15) is 28.8 Å². The van der Waals surface area contributed by atoms with E-state index in [1.807, 2.05) is 0 Å². The molecule has 0 saturated heterocycles. The Labute approximate surface area is 115 Å². The van der Waals surface area contributed by atoms with E-state index >= 15 is 0 Å². The molecule has 0 heterocycles. The highest BCUT2D eigenvalue weighted by Crippen LogP contribution is 2.19. The van der Waals surface area contributed by atoms with Gasteiger partial charge in [0.15, 0.2) is 0 Å². The van der Waals surface area contributed by atoms with E-state index in [2.05, 4.69) is 5.32 Å². The topological polar surface area (TPSA) is 130 Å². The van der Waals surface area contributed by atoms with Crippen LogP contribution in [0.4, 0.5) is 5.69 Å². The van der Waals surface area contributed by atoms with Crippen molar-refractivity contribution in [3.63, 3.8) is 0 Å². The Morgan fingerprint density at radius 2 is 1.95 bits per heavy atom. The lowest BCUT2D eigenvalue weighted by Gasteiger charge is -2.11. The zero-order valence-electron chi connectivity index (χ0n) is 10.9. The van der Waals surface area contributed by atoms with E-state index in [1.54, 1.807) is 13.0 Å². The Morgan fingerprint density at radius 3 is 2.50 bits per heavy atom. The fourth-order valence-electron chi connectivity index (χ4n) is 1.63. The number of carboxylic acid groups (broad SMARTS) is 2. The Balaban J connectivity index is 2.69. The van der Waals surface area contributed by atoms with Crippen LogP contribution in [0.25, 0.3) is 0 Å². The third-order valence-electron chi connectivity index (χ3n) is 2.84. The van der Waals surface area contributed by atoms with Gasteiger partial charge in [-0.25, -0.2) is 4.79 Å². The van der Waals surface area contributed by atoms with Gasteiger partial charge in [0, 0.05) is 12.1 Å². The molecule has 0 spiro atoms. The van der Waals surface area contributed by atoms with Crippen LogP contribution >= 0.6 is 0 Å². The third-order valence-corrected chi connectivity index (χ3v) is 2.84. The Hall–Kier alpha value is -2.41. The van der Waals surface area contributed by atoms with Gasteiger partial charge in [-0.3, -0.25) is 9.59 Å². The second kappa shape index (κ2) is 6.67. The molecule has 1 atom stereocenters. The van der Waals surface area contributed by atoms with Gasteiger partial charge in [-0.05, 0) is 31.0 Å². The number of carboxylic acids is 2. The molecule has 5 N–H and O–H groups in total. The molecular weight excluding hydrogens is 264 g/mol. The fraction of sp³-hybridized carbons (Fsp3) is 0.308. The minimum absolute atomic E-state index is 0.0127. The summed E-state index contributed by atoms with van der Waals surface area (Å²) in [6, 6.07) is 3.45. The molecule has 0 aliphatic heterocycles. The molecule has 7 nitrogen and oxygen atoms in total. The number of amides is 1. The predicted molar refractivity (Wildman–Crippen MR) is 71.6 cm³/mol. The number of aliphatic carboxylic acids is 1. The van der Waals surface area contributed by atoms with Crippen LogP contribution in [0, 0.1) is 6.92 Å². The van der Waals surface area contributed by atoms with Crippen molar-refractivity contribution >= 4 is 23.5 Å². The minimum Gasteiger partial charge on any atom is -0.480 e. The van der Waals surface area contributed by atoms with E-state index in [1.165, 1.54) is 12.1 Å². The molecule has 108 valence electrons. The maximum absolute atomic E-state index is 11.7. The summed E-state index contributed by atoms with van der Waals surface area (Å²) in [5.41, 5.74) is 6.22. The van der Waals surface area contributed by atoms with Crippen molar-refractivity contribution in [1.29, 1.82) is 0 Å². The Bertz CT molecular complexity index is 542. The monoisotopic (exact) mass is 280 g/mol. The lowest BCUT2D eigenvalue weighted by molar-refractivity contribution is -0.138. The molecule has 7 heteroatoms. The summed E-state index contributed by atoms with van der Waals surface area (Å²) in [5.74, 6) is -2.65. The van der Waals surface area contributed by atoms with Crippen LogP contribution in [-0.4, -0.2) is 34.1 Å². The number of nitrogens with one attached hydrogen (secondary N) is 1. The standard InChI is InChI=1S/C13H16N2O5/c1-7-8(12(17)18)3-2-4-10(7)15-11(16)6-5-9(14)13(19)20/h2-4,9H,5-6,14H2,1H3,(H,15,16)(H,17,18)(H,19,20)/t9-/m0/s1. The van der Waals surface area contributed by atoms with Gasteiger partial charge in [-0.1, -0.05) is 6.07 Å². The molecule has 20 heavy (non-hydrogen) atoms. The highest BCUT2D eigenvalue weighted by molar-refractivity contribution is 5.96. The van der Waals surface area contributed by atoms with Gasteiger partial charge in [0.1, 0.15) is 6.04 Å². The number of anilines is 1. The Kier molecular flexibility index (Phi) is 5.22. The van der Waals surface area contributed by atoms with Crippen LogP contribution in [0.5, 0.6) is 0 Å². The second-order valence-electron chi connectivity index (χ2n) is 4.31. The van der Waals surface area contributed by atoms with Crippen LogP contribution in [0.2, 0.25) is 0 Å². The highest BCUT2D eigenvalue weighted by Gasteiger charge is 2.15. The molecule has 0 aromatic heterocycles. The zero-order chi connectivity index (χ0) is 15.3. The molecule has 1 rings (SSSR count). The lowest BCUT2D eigenvalue weighted by Crippen LogP contribution is -2.31. The van der Waals surface area contributed by atoms with E-state index in [4.69, 9.17) is 15.9 Å². The van der Waals surface area contributed by atoms with Crippen molar-refractivity contribution in [2.75, 3.05) is 5.32 Å². The van der Waals surface area contributed by atoms with E-state index in [0.29, 0.717) is 11.3 Å². The second-order valence-corrected chi connectivity index (χ2v) is 4.31. The predicted octanol–water partition coefficient (Wildman–Crippen LogP) is 0.824. The van der Waals surface area contributed by atoms with Gasteiger partial charge in [-0.2, -0.15) is 0 Å². The van der Waals surface area contributed by atoms with Crippen LogP contribution < -0.4 is 11.1 Å². The number of hydrogen-bond donors (Lipinski definition) is 4. The largest absolute Gasteiger partial charge is 0.480 e. The van der Waals surface area contributed by atoms with Crippen molar-refractivity contribution in [3.05, 3.63) is 29.3 Å². The number of carbonyl (C=O) groups is 3. The van der Waals surface area contributed by atoms with E-state index < -0.39 is 23.9 Å². The van der Waals surface area contributed by atoms with Crippen LogP contribution in [0.3, 0.4) is 0 Å². The zero-order valence-corrected chi connectivity index (χ0v) is 10.9. The van der Waals surface area contributed by atoms with Crippen molar-refractivity contribution < 1.29 is 24.6 Å². The molecule has 0 saturated carbocycles. The maximum atomic E-state index is 11.7. The van der Waals surface area contributed by atoms with Crippen molar-refractivity contribution in [2.24, 2.45) is 5.73 Å². The van der Waals surface area contributed by atoms with Gasteiger partial charge in [-0.15, -0.1) is 0 Å². The third kappa shape index (κ3) is 4.06. The number of hydrogen-bond acceptors (Lipinski definition) is 4. The van der Waals surface area contributed by atoms with Gasteiger partial charge in [0.2, 0.25) is 5.91 Å². The number of nitrogens with two attached hydrogens (primary N) is 1.